The van der Waals surface area contributed by atoms with Gasteiger partial charge >= 0.3 is 5.97 Å². The van der Waals surface area contributed by atoms with Gasteiger partial charge in [0.1, 0.15) is 0 Å². The molecule has 0 saturated heterocycles. The van der Waals surface area contributed by atoms with Crippen LogP contribution < -0.4 is 0 Å². The molecule has 3 rings (SSSR count). The fraction of sp³-hybridized carbons (Fsp3) is 0.222. The summed E-state index contributed by atoms with van der Waals surface area (Å²) in [5.41, 5.74) is 1.98. The third-order valence-electron chi connectivity index (χ3n) is 4.15. The molecule has 3 heteroatoms. The number of benzene rings is 2. The Hall–Kier alpha value is -2.42. The summed E-state index contributed by atoms with van der Waals surface area (Å²) < 4.78 is 4.97. The van der Waals surface area contributed by atoms with Crippen molar-refractivity contribution in [3.63, 3.8) is 0 Å². The molecule has 1 aliphatic rings. The number of ketones is 1. The molecule has 0 fully saturated rings. The van der Waals surface area contributed by atoms with Crippen molar-refractivity contribution in [1.29, 1.82) is 0 Å². The first-order valence-electron chi connectivity index (χ1n) is 6.88. The lowest BCUT2D eigenvalue weighted by Crippen LogP contribution is -2.42. The minimum Gasteiger partial charge on any atom is -0.468 e. The van der Waals surface area contributed by atoms with Gasteiger partial charge in [0.2, 0.25) is 0 Å². The maximum Gasteiger partial charge on any atom is 0.324 e. The van der Waals surface area contributed by atoms with E-state index in [2.05, 4.69) is 0 Å². The molecule has 0 amide bonds. The quantitative estimate of drug-likeness (QED) is 0.627. The molecular formula is C18H16O3. The van der Waals surface area contributed by atoms with Gasteiger partial charge in [0, 0.05) is 12.0 Å². The van der Waals surface area contributed by atoms with Crippen molar-refractivity contribution < 1.29 is 14.3 Å². The van der Waals surface area contributed by atoms with Crippen molar-refractivity contribution in [1.82, 2.24) is 0 Å². The Morgan fingerprint density at radius 1 is 1.14 bits per heavy atom. The van der Waals surface area contributed by atoms with E-state index >= 15 is 0 Å². The van der Waals surface area contributed by atoms with Gasteiger partial charge in [0.05, 0.1) is 7.11 Å². The number of hydrogen-bond acceptors (Lipinski definition) is 3. The highest BCUT2D eigenvalue weighted by Gasteiger charge is 2.53. The lowest BCUT2D eigenvalue weighted by atomic mass is 9.76. The van der Waals surface area contributed by atoms with Crippen LogP contribution in [0.5, 0.6) is 0 Å². The Morgan fingerprint density at radius 3 is 2.57 bits per heavy atom. The molecule has 0 bridgehead atoms. The predicted octanol–water partition coefficient (Wildman–Crippen LogP) is 2.84. The lowest BCUT2D eigenvalue weighted by molar-refractivity contribution is -0.145. The Kier molecular flexibility index (Phi) is 3.13. The van der Waals surface area contributed by atoms with Crippen LogP contribution in [0.2, 0.25) is 0 Å². The van der Waals surface area contributed by atoms with Crippen LogP contribution in [-0.2, 0) is 21.4 Å². The SMILES string of the molecule is COC(=O)C1(c2cccc(C)c2)Cc2ccccc2C1=O. The third kappa shape index (κ3) is 1.88. The van der Waals surface area contributed by atoms with Crippen LogP contribution in [0.4, 0.5) is 0 Å². The van der Waals surface area contributed by atoms with Crippen LogP contribution in [0.1, 0.15) is 27.0 Å². The summed E-state index contributed by atoms with van der Waals surface area (Å²) in [5.74, 6) is -0.662. The van der Waals surface area contributed by atoms with Gasteiger partial charge in [-0.15, -0.1) is 0 Å². The Balaban J connectivity index is 2.22. The number of rotatable bonds is 2. The van der Waals surface area contributed by atoms with Gasteiger partial charge in [0.15, 0.2) is 11.2 Å². The molecule has 2 aromatic carbocycles. The van der Waals surface area contributed by atoms with Crippen LogP contribution >= 0.6 is 0 Å². The summed E-state index contributed by atoms with van der Waals surface area (Å²) >= 11 is 0. The van der Waals surface area contributed by atoms with Gasteiger partial charge in [0.25, 0.3) is 0 Å². The molecule has 1 atom stereocenters. The van der Waals surface area contributed by atoms with E-state index < -0.39 is 11.4 Å². The number of esters is 1. The number of fused-ring (bicyclic) bond motifs is 1. The van der Waals surface area contributed by atoms with Crippen molar-refractivity contribution in [3.05, 3.63) is 70.8 Å². The average Bonchev–Trinajstić information content (AvgIpc) is 2.81. The van der Waals surface area contributed by atoms with Gasteiger partial charge in [-0.2, -0.15) is 0 Å². The summed E-state index contributed by atoms with van der Waals surface area (Å²) in [6.07, 6.45) is 0.359. The largest absolute Gasteiger partial charge is 0.468 e. The van der Waals surface area contributed by atoms with E-state index in [9.17, 15) is 9.59 Å². The van der Waals surface area contributed by atoms with Crippen molar-refractivity contribution in [3.8, 4) is 0 Å². The molecule has 21 heavy (non-hydrogen) atoms. The fourth-order valence-electron chi connectivity index (χ4n) is 3.09. The van der Waals surface area contributed by atoms with E-state index in [0.717, 1.165) is 11.1 Å². The first-order valence-corrected chi connectivity index (χ1v) is 6.88. The van der Waals surface area contributed by atoms with E-state index in [0.29, 0.717) is 17.5 Å². The zero-order valence-electron chi connectivity index (χ0n) is 12.1. The van der Waals surface area contributed by atoms with Crippen LogP contribution in [-0.4, -0.2) is 18.9 Å². The highest BCUT2D eigenvalue weighted by atomic mass is 16.5. The minimum atomic E-state index is -1.25. The molecule has 2 aromatic rings. The van der Waals surface area contributed by atoms with Crippen molar-refractivity contribution >= 4 is 11.8 Å². The molecule has 0 radical (unpaired) electrons. The van der Waals surface area contributed by atoms with Crippen molar-refractivity contribution in [2.75, 3.05) is 7.11 Å². The van der Waals surface area contributed by atoms with Crippen LogP contribution in [0, 0.1) is 6.92 Å². The summed E-state index contributed by atoms with van der Waals surface area (Å²) in [6.45, 7) is 1.95. The van der Waals surface area contributed by atoms with Gasteiger partial charge in [-0.3, -0.25) is 9.59 Å². The second-order valence-electron chi connectivity index (χ2n) is 5.43. The summed E-state index contributed by atoms with van der Waals surface area (Å²) in [7, 11) is 1.33. The number of ether oxygens (including phenoxy) is 1. The summed E-state index contributed by atoms with van der Waals surface area (Å²) in [6, 6.07) is 14.9. The summed E-state index contributed by atoms with van der Waals surface area (Å²) in [4.78, 5) is 25.4. The highest BCUT2D eigenvalue weighted by molar-refractivity contribution is 6.20. The first kappa shape index (κ1) is 13.6. The molecule has 0 aliphatic heterocycles. The zero-order chi connectivity index (χ0) is 15.0. The van der Waals surface area contributed by atoms with Crippen LogP contribution in [0.3, 0.4) is 0 Å². The smallest absolute Gasteiger partial charge is 0.324 e. The minimum absolute atomic E-state index is 0.171. The normalized spacial score (nSPS) is 20.2. The van der Waals surface area contributed by atoms with Crippen molar-refractivity contribution in [2.45, 2.75) is 18.8 Å². The Labute approximate surface area is 123 Å². The van der Waals surface area contributed by atoms with Gasteiger partial charge in [-0.1, -0.05) is 54.1 Å². The average molecular weight is 280 g/mol. The Morgan fingerprint density at radius 2 is 1.90 bits per heavy atom. The van der Waals surface area contributed by atoms with E-state index in [1.807, 2.05) is 49.4 Å². The number of Topliss-reactive ketones (excluding diaryl/α,β-unsaturated/α-hetero) is 1. The maximum absolute atomic E-state index is 12.9. The topological polar surface area (TPSA) is 43.4 Å². The molecule has 106 valence electrons. The molecule has 0 spiro atoms. The highest BCUT2D eigenvalue weighted by Crippen LogP contribution is 2.41. The molecule has 0 N–H and O–H groups in total. The molecule has 0 aromatic heterocycles. The third-order valence-corrected chi connectivity index (χ3v) is 4.15. The fourth-order valence-corrected chi connectivity index (χ4v) is 3.09. The molecule has 1 unspecified atom stereocenters. The Bertz CT molecular complexity index is 733. The first-order chi connectivity index (χ1) is 10.1. The van der Waals surface area contributed by atoms with Crippen molar-refractivity contribution in [2.24, 2.45) is 0 Å². The molecule has 3 nitrogen and oxygen atoms in total. The van der Waals surface area contributed by atoms with E-state index in [1.165, 1.54) is 7.11 Å². The predicted molar refractivity (Wildman–Crippen MR) is 79.3 cm³/mol. The number of aryl methyl sites for hydroxylation is 1. The zero-order valence-corrected chi connectivity index (χ0v) is 12.1. The van der Waals surface area contributed by atoms with E-state index in [-0.39, 0.29) is 5.78 Å². The molecule has 0 heterocycles. The maximum atomic E-state index is 12.9. The summed E-state index contributed by atoms with van der Waals surface area (Å²) in [5, 5.41) is 0. The molecule has 1 aliphatic carbocycles. The number of carbonyl (C=O) groups excluding carboxylic acids is 2. The second kappa shape index (κ2) is 4.85. The van der Waals surface area contributed by atoms with Gasteiger partial charge < -0.3 is 4.74 Å². The van der Waals surface area contributed by atoms with Crippen LogP contribution in [0.15, 0.2) is 48.5 Å². The lowest BCUT2D eigenvalue weighted by Gasteiger charge is -2.25. The monoisotopic (exact) mass is 280 g/mol. The molecular weight excluding hydrogens is 264 g/mol. The standard InChI is InChI=1S/C18H16O3/c1-12-6-5-8-14(10-12)18(17(20)21-2)11-13-7-3-4-9-15(13)16(18)19/h3-10H,11H2,1-2H3. The number of carbonyl (C=O) groups is 2. The molecule has 0 saturated carbocycles. The second-order valence-corrected chi connectivity index (χ2v) is 5.43. The van der Waals surface area contributed by atoms with Gasteiger partial charge in [-0.25, -0.2) is 0 Å². The van der Waals surface area contributed by atoms with Gasteiger partial charge in [-0.05, 0) is 18.1 Å². The number of hydrogen-bond donors (Lipinski definition) is 0. The van der Waals surface area contributed by atoms with E-state index in [4.69, 9.17) is 4.74 Å². The number of methoxy groups -OCH3 is 1. The van der Waals surface area contributed by atoms with Crippen LogP contribution in [0.25, 0.3) is 0 Å². The van der Waals surface area contributed by atoms with E-state index in [1.54, 1.807) is 6.07 Å².